The molecule has 1 amide bonds. The van der Waals surface area contributed by atoms with E-state index in [0.29, 0.717) is 28.3 Å². The van der Waals surface area contributed by atoms with Crippen molar-refractivity contribution in [2.45, 2.75) is 13.8 Å². The summed E-state index contributed by atoms with van der Waals surface area (Å²) in [6, 6.07) is 17.9. The lowest BCUT2D eigenvalue weighted by atomic mass is 10.1. The van der Waals surface area contributed by atoms with Crippen LogP contribution in [0.1, 0.15) is 21.7 Å². The molecule has 0 aliphatic rings. The number of carbonyl (C=O) groups excluding carboxylic acids is 1. The third-order valence-corrected chi connectivity index (χ3v) is 4.96. The molecule has 0 spiro atoms. The number of hydrogen-bond acceptors (Lipinski definition) is 5. The molecule has 0 atom stereocenters. The van der Waals surface area contributed by atoms with Crippen LogP contribution in [0.15, 0.2) is 69.5 Å². The zero-order valence-corrected chi connectivity index (χ0v) is 16.4. The first kappa shape index (κ1) is 18.0. The van der Waals surface area contributed by atoms with Crippen LogP contribution in [-0.4, -0.2) is 16.0 Å². The summed E-state index contributed by atoms with van der Waals surface area (Å²) in [5.74, 6) is 0.0839. The van der Waals surface area contributed by atoms with E-state index in [4.69, 9.17) is 8.83 Å². The first-order chi connectivity index (χ1) is 14.5. The molecule has 6 heteroatoms. The minimum absolute atomic E-state index is 0.0432. The fraction of sp³-hybridized carbons (Fsp3) is 0.0833. The molecule has 0 saturated heterocycles. The molecule has 0 saturated carbocycles. The van der Waals surface area contributed by atoms with Crippen LogP contribution in [0.2, 0.25) is 0 Å². The molecule has 0 radical (unpaired) electrons. The van der Waals surface area contributed by atoms with Gasteiger partial charge in [0, 0.05) is 17.1 Å². The molecule has 0 aliphatic carbocycles. The molecule has 5 rings (SSSR count). The van der Waals surface area contributed by atoms with Crippen LogP contribution >= 0.6 is 0 Å². The number of nitrogens with zero attached hydrogens (tertiary/aromatic N) is 1. The first-order valence-electron chi connectivity index (χ1n) is 9.49. The number of phenols is 1. The first-order valence-corrected chi connectivity index (χ1v) is 9.49. The van der Waals surface area contributed by atoms with Crippen molar-refractivity contribution in [3.05, 3.63) is 77.6 Å². The van der Waals surface area contributed by atoms with Crippen LogP contribution in [0.25, 0.3) is 33.5 Å². The monoisotopic (exact) mass is 398 g/mol. The second-order valence-corrected chi connectivity index (χ2v) is 7.28. The molecule has 2 aromatic heterocycles. The van der Waals surface area contributed by atoms with E-state index in [0.717, 1.165) is 22.0 Å². The van der Waals surface area contributed by atoms with Crippen molar-refractivity contribution in [2.24, 2.45) is 0 Å². The van der Waals surface area contributed by atoms with Crippen LogP contribution in [0.4, 0.5) is 5.69 Å². The Balaban J connectivity index is 1.43. The van der Waals surface area contributed by atoms with E-state index in [-0.39, 0.29) is 11.5 Å². The molecule has 148 valence electrons. The maximum absolute atomic E-state index is 12.5. The SMILES string of the molecule is Cc1cc(C)c2oc(-c3ccc(NC(=O)c4cc5ccccc5o4)cc3O)nc2c1. The van der Waals surface area contributed by atoms with E-state index < -0.39 is 5.91 Å². The number of phenolic OH excluding ortho intramolecular Hbond substituents is 1. The number of benzene rings is 3. The topological polar surface area (TPSA) is 88.5 Å². The van der Waals surface area contributed by atoms with Crippen molar-refractivity contribution in [1.82, 2.24) is 4.98 Å². The zero-order valence-electron chi connectivity index (χ0n) is 16.4. The molecule has 0 bridgehead atoms. The summed E-state index contributed by atoms with van der Waals surface area (Å²) in [5, 5.41) is 14.1. The highest BCUT2D eigenvalue weighted by Crippen LogP contribution is 2.34. The summed E-state index contributed by atoms with van der Waals surface area (Å²) >= 11 is 0. The van der Waals surface area contributed by atoms with Crippen LogP contribution in [0.3, 0.4) is 0 Å². The van der Waals surface area contributed by atoms with Crippen LogP contribution in [0.5, 0.6) is 5.75 Å². The van der Waals surface area contributed by atoms with Crippen LogP contribution < -0.4 is 5.32 Å². The van der Waals surface area contributed by atoms with Crippen molar-refractivity contribution >= 4 is 33.7 Å². The Morgan fingerprint density at radius 1 is 1.00 bits per heavy atom. The Morgan fingerprint density at radius 2 is 1.83 bits per heavy atom. The highest BCUT2D eigenvalue weighted by molar-refractivity contribution is 6.04. The van der Waals surface area contributed by atoms with Crippen molar-refractivity contribution in [2.75, 3.05) is 5.32 Å². The lowest BCUT2D eigenvalue weighted by molar-refractivity contribution is 0.0998. The predicted molar refractivity (Wildman–Crippen MR) is 115 cm³/mol. The summed E-state index contributed by atoms with van der Waals surface area (Å²) < 4.78 is 11.5. The molecular weight excluding hydrogens is 380 g/mol. The fourth-order valence-corrected chi connectivity index (χ4v) is 3.57. The van der Waals surface area contributed by atoms with Gasteiger partial charge in [-0.15, -0.1) is 0 Å². The molecule has 2 N–H and O–H groups in total. The maximum Gasteiger partial charge on any atom is 0.291 e. The summed E-state index contributed by atoms with van der Waals surface area (Å²) in [6.07, 6.45) is 0. The fourth-order valence-electron chi connectivity index (χ4n) is 3.57. The number of aromatic nitrogens is 1. The van der Waals surface area contributed by atoms with Gasteiger partial charge in [0.2, 0.25) is 5.89 Å². The lowest BCUT2D eigenvalue weighted by Gasteiger charge is -2.06. The van der Waals surface area contributed by atoms with Gasteiger partial charge in [-0.2, -0.15) is 0 Å². The minimum atomic E-state index is -0.397. The molecule has 2 heterocycles. The average molecular weight is 398 g/mol. The molecule has 0 aliphatic heterocycles. The lowest BCUT2D eigenvalue weighted by Crippen LogP contribution is -2.10. The summed E-state index contributed by atoms with van der Waals surface area (Å²) in [5.41, 5.74) is 5.03. The number of amides is 1. The number of aromatic hydroxyl groups is 1. The summed E-state index contributed by atoms with van der Waals surface area (Å²) in [7, 11) is 0. The van der Waals surface area contributed by atoms with E-state index in [1.807, 2.05) is 44.2 Å². The smallest absolute Gasteiger partial charge is 0.291 e. The number of nitrogens with one attached hydrogen (secondary N) is 1. The van der Waals surface area contributed by atoms with Gasteiger partial charge >= 0.3 is 0 Å². The number of oxazole rings is 1. The van der Waals surface area contributed by atoms with Gasteiger partial charge in [-0.25, -0.2) is 4.98 Å². The average Bonchev–Trinajstić information content (AvgIpc) is 3.32. The Hall–Kier alpha value is -4.06. The number of aryl methyl sites for hydroxylation is 2. The van der Waals surface area contributed by atoms with Gasteiger partial charge in [-0.1, -0.05) is 24.3 Å². The van der Waals surface area contributed by atoms with E-state index in [2.05, 4.69) is 10.3 Å². The molecule has 3 aromatic carbocycles. The van der Waals surface area contributed by atoms with Crippen LogP contribution in [-0.2, 0) is 0 Å². The van der Waals surface area contributed by atoms with E-state index in [1.54, 1.807) is 24.3 Å². The number of hydrogen-bond donors (Lipinski definition) is 2. The number of para-hydroxylation sites is 1. The Labute approximate surface area is 171 Å². The molecule has 30 heavy (non-hydrogen) atoms. The second kappa shape index (κ2) is 6.77. The third-order valence-electron chi connectivity index (χ3n) is 4.96. The largest absolute Gasteiger partial charge is 0.507 e. The van der Waals surface area contributed by atoms with Gasteiger partial charge in [0.15, 0.2) is 11.3 Å². The van der Waals surface area contributed by atoms with Crippen molar-refractivity contribution in [3.8, 4) is 17.2 Å². The Morgan fingerprint density at radius 3 is 2.63 bits per heavy atom. The highest BCUT2D eigenvalue weighted by atomic mass is 16.4. The van der Waals surface area contributed by atoms with Gasteiger partial charge in [-0.05, 0) is 55.3 Å². The Bertz CT molecular complexity index is 1400. The number of rotatable bonds is 3. The van der Waals surface area contributed by atoms with Gasteiger partial charge in [0.1, 0.15) is 16.8 Å². The van der Waals surface area contributed by atoms with E-state index >= 15 is 0 Å². The summed E-state index contributed by atoms with van der Waals surface area (Å²) in [6.45, 7) is 3.96. The predicted octanol–water partition coefficient (Wildman–Crippen LogP) is 5.82. The Kier molecular flexibility index (Phi) is 4.06. The van der Waals surface area contributed by atoms with E-state index in [1.165, 1.54) is 6.07 Å². The molecular formula is C24H18N2O4. The third kappa shape index (κ3) is 3.08. The van der Waals surface area contributed by atoms with Crippen molar-refractivity contribution in [1.29, 1.82) is 0 Å². The second-order valence-electron chi connectivity index (χ2n) is 7.28. The highest BCUT2D eigenvalue weighted by Gasteiger charge is 2.16. The van der Waals surface area contributed by atoms with Crippen molar-refractivity contribution < 1.29 is 18.7 Å². The maximum atomic E-state index is 12.5. The number of furan rings is 1. The van der Waals surface area contributed by atoms with Gasteiger partial charge in [0.05, 0.1) is 5.56 Å². The summed E-state index contributed by atoms with van der Waals surface area (Å²) in [4.78, 5) is 17.0. The number of fused-ring (bicyclic) bond motifs is 2. The molecule has 0 unspecified atom stereocenters. The van der Waals surface area contributed by atoms with Gasteiger partial charge in [-0.3, -0.25) is 4.79 Å². The number of carbonyl (C=O) groups is 1. The number of anilines is 1. The van der Waals surface area contributed by atoms with Gasteiger partial charge < -0.3 is 19.3 Å². The quantitative estimate of drug-likeness (QED) is 0.400. The van der Waals surface area contributed by atoms with E-state index in [9.17, 15) is 9.90 Å². The molecule has 6 nitrogen and oxygen atoms in total. The standard InChI is InChI=1S/C24H18N2O4/c1-13-9-14(2)22-18(10-13)26-24(30-22)17-8-7-16(12-19(17)27)25-23(28)21-11-15-5-3-4-6-20(15)29-21/h3-12,27H,1-2H3,(H,25,28). The zero-order chi connectivity index (χ0) is 20.8. The minimum Gasteiger partial charge on any atom is -0.507 e. The molecule has 0 fully saturated rings. The van der Waals surface area contributed by atoms with Gasteiger partial charge in [0.25, 0.3) is 5.91 Å². The van der Waals surface area contributed by atoms with Crippen LogP contribution in [0, 0.1) is 13.8 Å². The normalized spacial score (nSPS) is 11.3. The van der Waals surface area contributed by atoms with Crippen molar-refractivity contribution in [3.63, 3.8) is 0 Å². The molecule has 5 aromatic rings.